The van der Waals surface area contributed by atoms with Crippen LogP contribution >= 0.6 is 0 Å². The third-order valence-electron chi connectivity index (χ3n) is 7.36. The van der Waals surface area contributed by atoms with Gasteiger partial charge in [-0.25, -0.2) is 0 Å². The molecule has 1 aromatic carbocycles. The van der Waals surface area contributed by atoms with Crippen molar-refractivity contribution in [2.24, 2.45) is 11.8 Å². The van der Waals surface area contributed by atoms with Gasteiger partial charge >= 0.3 is 0 Å². The third-order valence-corrected chi connectivity index (χ3v) is 7.36. The first kappa shape index (κ1) is 23.6. The molecule has 1 aromatic rings. The van der Waals surface area contributed by atoms with Gasteiger partial charge in [0.1, 0.15) is 12.3 Å². The second-order valence-electron chi connectivity index (χ2n) is 9.74. The van der Waals surface area contributed by atoms with Crippen molar-refractivity contribution in [2.45, 2.75) is 71.1 Å². The van der Waals surface area contributed by atoms with Crippen LogP contribution in [-0.4, -0.2) is 48.9 Å². The van der Waals surface area contributed by atoms with E-state index in [0.29, 0.717) is 17.1 Å². The van der Waals surface area contributed by atoms with Gasteiger partial charge in [0.15, 0.2) is 6.61 Å². The van der Waals surface area contributed by atoms with Crippen LogP contribution < -0.4 is 15.0 Å². The number of hydrogen-bond donors (Lipinski definition) is 1. The van der Waals surface area contributed by atoms with Gasteiger partial charge in [-0.2, -0.15) is 0 Å². The predicted molar refractivity (Wildman–Crippen MR) is 128 cm³/mol. The van der Waals surface area contributed by atoms with E-state index in [1.807, 2.05) is 11.0 Å². The molecule has 180 valence electrons. The van der Waals surface area contributed by atoms with E-state index in [-0.39, 0.29) is 36.8 Å². The fourth-order valence-corrected chi connectivity index (χ4v) is 5.28. The first-order valence-corrected chi connectivity index (χ1v) is 12.7. The fraction of sp³-hybridized carbons (Fsp3) is 0.654. The maximum absolute atomic E-state index is 12.9. The van der Waals surface area contributed by atoms with Crippen LogP contribution in [0, 0.1) is 11.8 Å². The Balaban J connectivity index is 1.39. The summed E-state index contributed by atoms with van der Waals surface area (Å²) in [5, 5.41) is 3.04. The normalized spacial score (nSPS) is 23.0. The van der Waals surface area contributed by atoms with E-state index in [1.54, 1.807) is 12.1 Å². The summed E-state index contributed by atoms with van der Waals surface area (Å²) >= 11 is 0. The molecule has 0 unspecified atom stereocenters. The highest BCUT2D eigenvalue weighted by Crippen LogP contribution is 2.36. The quantitative estimate of drug-likeness (QED) is 0.663. The lowest BCUT2D eigenvalue weighted by molar-refractivity contribution is -0.132. The molecule has 0 radical (unpaired) electrons. The van der Waals surface area contributed by atoms with E-state index in [0.717, 1.165) is 64.0 Å². The number of ether oxygens (including phenoxy) is 1. The van der Waals surface area contributed by atoms with Crippen LogP contribution in [0.3, 0.4) is 0 Å². The van der Waals surface area contributed by atoms with E-state index < -0.39 is 0 Å². The second kappa shape index (κ2) is 11.0. The molecule has 3 amide bonds. The van der Waals surface area contributed by atoms with Crippen molar-refractivity contribution in [3.63, 3.8) is 0 Å². The molecule has 0 atom stereocenters. The summed E-state index contributed by atoms with van der Waals surface area (Å²) in [6.07, 6.45) is 11.1. The number of hydrogen-bond acceptors (Lipinski definition) is 4. The Labute approximate surface area is 196 Å². The van der Waals surface area contributed by atoms with Gasteiger partial charge < -0.3 is 15.0 Å². The van der Waals surface area contributed by atoms with Gasteiger partial charge in [-0.1, -0.05) is 26.2 Å². The summed E-state index contributed by atoms with van der Waals surface area (Å²) in [5.41, 5.74) is 1.19. The molecule has 4 rings (SSSR count). The number of unbranched alkanes of at least 4 members (excludes halogenated alkanes) is 1. The lowest BCUT2D eigenvalue weighted by Gasteiger charge is -2.33. The van der Waals surface area contributed by atoms with Crippen LogP contribution in [-0.2, 0) is 14.4 Å². The van der Waals surface area contributed by atoms with Crippen molar-refractivity contribution in [1.29, 1.82) is 0 Å². The van der Waals surface area contributed by atoms with Crippen LogP contribution in [0.1, 0.15) is 71.1 Å². The molecule has 2 heterocycles. The van der Waals surface area contributed by atoms with Crippen molar-refractivity contribution in [2.75, 3.05) is 36.5 Å². The Morgan fingerprint density at radius 1 is 1.09 bits per heavy atom. The first-order chi connectivity index (χ1) is 16.0. The average Bonchev–Trinajstić information content (AvgIpc) is 2.85. The maximum Gasteiger partial charge on any atom is 0.265 e. The number of anilines is 2. The van der Waals surface area contributed by atoms with Crippen LogP contribution in [0.4, 0.5) is 11.4 Å². The standard InChI is InChI=1S/C26H37N3O4/c1-2-3-7-19-8-10-20(11-9-19)26(32)27-21-12-13-23-22(16-21)29(25(31)18-33-23)17-24(30)28-14-5-4-6-15-28/h12-13,16,19-20H,2-11,14-15,17-18H2,1H3,(H,27,32). The summed E-state index contributed by atoms with van der Waals surface area (Å²) < 4.78 is 5.58. The van der Waals surface area contributed by atoms with E-state index in [4.69, 9.17) is 4.74 Å². The van der Waals surface area contributed by atoms with E-state index in [9.17, 15) is 14.4 Å². The van der Waals surface area contributed by atoms with Gasteiger partial charge in [0, 0.05) is 24.7 Å². The zero-order valence-electron chi connectivity index (χ0n) is 19.8. The molecular formula is C26H37N3O4. The van der Waals surface area contributed by atoms with Gasteiger partial charge in [0.2, 0.25) is 11.8 Å². The van der Waals surface area contributed by atoms with Crippen LogP contribution in [0.2, 0.25) is 0 Å². The fourth-order valence-electron chi connectivity index (χ4n) is 5.28. The topological polar surface area (TPSA) is 79.0 Å². The number of fused-ring (bicyclic) bond motifs is 1. The highest BCUT2D eigenvalue weighted by Gasteiger charge is 2.30. The van der Waals surface area contributed by atoms with E-state index in [2.05, 4.69) is 12.2 Å². The zero-order valence-corrected chi connectivity index (χ0v) is 19.8. The van der Waals surface area contributed by atoms with E-state index >= 15 is 0 Å². The second-order valence-corrected chi connectivity index (χ2v) is 9.74. The molecule has 7 heteroatoms. The summed E-state index contributed by atoms with van der Waals surface area (Å²) in [4.78, 5) is 41.7. The molecule has 1 N–H and O–H groups in total. The number of amides is 3. The molecule has 2 fully saturated rings. The molecule has 1 aliphatic carbocycles. The molecule has 1 saturated heterocycles. The largest absolute Gasteiger partial charge is 0.482 e. The summed E-state index contributed by atoms with van der Waals surface area (Å²) in [5.74, 6) is 1.13. The Morgan fingerprint density at radius 3 is 2.58 bits per heavy atom. The number of likely N-dealkylation sites (tertiary alicyclic amines) is 1. The van der Waals surface area contributed by atoms with Crippen molar-refractivity contribution in [1.82, 2.24) is 4.90 Å². The molecule has 0 spiro atoms. The molecule has 33 heavy (non-hydrogen) atoms. The zero-order chi connectivity index (χ0) is 23.2. The maximum atomic E-state index is 12.9. The van der Waals surface area contributed by atoms with Gasteiger partial charge in [-0.05, 0) is 69.1 Å². The summed E-state index contributed by atoms with van der Waals surface area (Å²) in [7, 11) is 0. The summed E-state index contributed by atoms with van der Waals surface area (Å²) in [6, 6.07) is 5.35. The van der Waals surface area contributed by atoms with E-state index in [1.165, 1.54) is 24.2 Å². The smallest absolute Gasteiger partial charge is 0.265 e. The number of rotatable bonds is 7. The minimum Gasteiger partial charge on any atom is -0.482 e. The van der Waals surface area contributed by atoms with Gasteiger partial charge in [-0.15, -0.1) is 0 Å². The monoisotopic (exact) mass is 455 g/mol. The van der Waals surface area contributed by atoms with Gasteiger partial charge in [-0.3, -0.25) is 19.3 Å². The lowest BCUT2D eigenvalue weighted by atomic mass is 9.79. The summed E-state index contributed by atoms with van der Waals surface area (Å²) in [6.45, 7) is 3.66. The molecule has 3 aliphatic rings. The number of piperidine rings is 1. The SMILES string of the molecule is CCCCC1CCC(C(=O)Nc2ccc3c(c2)N(CC(=O)N2CCCCC2)C(=O)CO3)CC1. The predicted octanol–water partition coefficient (Wildman–Crippen LogP) is 4.36. The van der Waals surface area contributed by atoms with Crippen molar-refractivity contribution >= 4 is 29.1 Å². The van der Waals surface area contributed by atoms with Gasteiger partial charge in [0.05, 0.1) is 5.69 Å². The number of nitrogens with zero attached hydrogens (tertiary/aromatic N) is 2. The Morgan fingerprint density at radius 2 is 1.85 bits per heavy atom. The van der Waals surface area contributed by atoms with Crippen molar-refractivity contribution in [3.8, 4) is 5.75 Å². The Kier molecular flexibility index (Phi) is 7.89. The average molecular weight is 456 g/mol. The number of benzene rings is 1. The highest BCUT2D eigenvalue weighted by molar-refractivity contribution is 6.03. The third kappa shape index (κ3) is 5.87. The molecule has 0 aromatic heterocycles. The minimum atomic E-state index is -0.235. The number of nitrogens with one attached hydrogen (secondary N) is 1. The molecule has 1 saturated carbocycles. The Hall–Kier alpha value is -2.57. The van der Waals surface area contributed by atoms with Crippen molar-refractivity contribution in [3.05, 3.63) is 18.2 Å². The first-order valence-electron chi connectivity index (χ1n) is 12.7. The lowest BCUT2D eigenvalue weighted by Crippen LogP contribution is -2.47. The van der Waals surface area contributed by atoms with Crippen LogP contribution in [0.15, 0.2) is 18.2 Å². The number of carbonyl (C=O) groups excluding carboxylic acids is 3. The molecule has 7 nitrogen and oxygen atoms in total. The van der Waals surface area contributed by atoms with Gasteiger partial charge in [0.25, 0.3) is 5.91 Å². The van der Waals surface area contributed by atoms with Crippen LogP contribution in [0.25, 0.3) is 0 Å². The molecular weight excluding hydrogens is 418 g/mol. The Bertz CT molecular complexity index is 857. The van der Waals surface area contributed by atoms with Crippen molar-refractivity contribution < 1.29 is 19.1 Å². The number of carbonyl (C=O) groups is 3. The van der Waals surface area contributed by atoms with Crippen LogP contribution in [0.5, 0.6) is 5.75 Å². The molecule has 0 bridgehead atoms. The minimum absolute atomic E-state index is 0.00830. The highest BCUT2D eigenvalue weighted by atomic mass is 16.5. The molecule has 2 aliphatic heterocycles.